The largest absolute Gasteiger partial charge is 0.507 e. The van der Waals surface area contributed by atoms with Crippen LogP contribution >= 0.6 is 0 Å². The zero-order valence-electron chi connectivity index (χ0n) is 18.7. The van der Waals surface area contributed by atoms with Crippen LogP contribution in [0.2, 0.25) is 0 Å². The molecule has 0 radical (unpaired) electrons. The van der Waals surface area contributed by atoms with E-state index in [0.29, 0.717) is 22.5 Å². The molecule has 0 aliphatic carbocycles. The number of methoxy groups -OCH3 is 2. The molecule has 1 fully saturated rings. The molecule has 172 valence electrons. The number of amides is 1. The molecule has 2 aromatic carbocycles. The van der Waals surface area contributed by atoms with Gasteiger partial charge in [-0.3, -0.25) is 14.5 Å². The lowest BCUT2D eigenvalue weighted by Crippen LogP contribution is -2.30. The molecule has 9 nitrogen and oxygen atoms in total. The van der Waals surface area contributed by atoms with Crippen molar-refractivity contribution in [1.29, 1.82) is 0 Å². The summed E-state index contributed by atoms with van der Waals surface area (Å²) < 4.78 is 16.2. The number of nitrogens with one attached hydrogen (secondary N) is 1. The lowest BCUT2D eigenvalue weighted by atomic mass is 9.98. The van der Waals surface area contributed by atoms with Gasteiger partial charge >= 0.3 is 5.91 Å². The molecule has 1 unspecified atom stereocenters. The molecule has 4 aromatic rings. The summed E-state index contributed by atoms with van der Waals surface area (Å²) in [6, 6.07) is 12.6. The molecule has 2 N–H and O–H groups in total. The smallest absolute Gasteiger partial charge is 0.302 e. The van der Waals surface area contributed by atoms with Gasteiger partial charge < -0.3 is 24.0 Å². The summed E-state index contributed by atoms with van der Waals surface area (Å²) in [6.07, 6.45) is 1.44. The zero-order valence-corrected chi connectivity index (χ0v) is 18.7. The number of fused-ring (bicyclic) bond motifs is 1. The summed E-state index contributed by atoms with van der Waals surface area (Å²) in [5, 5.41) is 11.3. The number of carbonyl (C=O) groups is 2. The van der Waals surface area contributed by atoms with Crippen molar-refractivity contribution < 1.29 is 28.6 Å². The van der Waals surface area contributed by atoms with Crippen molar-refractivity contribution in [2.24, 2.45) is 0 Å². The van der Waals surface area contributed by atoms with E-state index in [1.807, 2.05) is 25.1 Å². The molecule has 1 saturated heterocycles. The SMILES string of the molecule is COc1ccc(/C(O)=C2\C(=O)C(=O)N(c3nc4ccc(C)cc4[nH]3)C2c2ccco2)c(OC)c1. The number of aromatic nitrogens is 2. The third kappa shape index (κ3) is 3.29. The van der Waals surface area contributed by atoms with Crippen LogP contribution in [0, 0.1) is 6.92 Å². The molecule has 9 heteroatoms. The lowest BCUT2D eigenvalue weighted by molar-refractivity contribution is -0.132. The normalized spacial score (nSPS) is 17.5. The Balaban J connectivity index is 1.71. The molecule has 5 rings (SSSR count). The maximum absolute atomic E-state index is 13.2. The average molecular weight is 459 g/mol. The van der Waals surface area contributed by atoms with Gasteiger partial charge in [0.25, 0.3) is 5.78 Å². The summed E-state index contributed by atoms with van der Waals surface area (Å²) in [7, 11) is 2.94. The standard InChI is InChI=1S/C25H21N3O6/c1-13-6-9-16-17(11-13)27-25(26-16)28-21(18-5-4-10-34-18)20(23(30)24(28)31)22(29)15-8-7-14(32-2)12-19(15)33-3/h4-12,21,29H,1-3H3,(H,26,27)/b22-20+. The van der Waals surface area contributed by atoms with Crippen LogP contribution in [0.1, 0.15) is 22.9 Å². The van der Waals surface area contributed by atoms with Crippen molar-refractivity contribution in [3.63, 3.8) is 0 Å². The highest BCUT2D eigenvalue weighted by molar-refractivity contribution is 6.51. The zero-order chi connectivity index (χ0) is 24.0. The number of furan rings is 1. The predicted octanol–water partition coefficient (Wildman–Crippen LogP) is 4.11. The number of Topliss-reactive ketones (excluding diaryl/α,β-unsaturated/α-hetero) is 1. The second-order valence-corrected chi connectivity index (χ2v) is 7.83. The minimum atomic E-state index is -1.04. The Bertz CT molecular complexity index is 1450. The van der Waals surface area contributed by atoms with E-state index in [9.17, 15) is 14.7 Å². The summed E-state index contributed by atoms with van der Waals surface area (Å²) >= 11 is 0. The number of aliphatic hydroxyl groups excluding tert-OH is 1. The molecule has 1 atom stereocenters. The van der Waals surface area contributed by atoms with Gasteiger partial charge in [0.1, 0.15) is 29.1 Å². The number of nitrogens with zero attached hydrogens (tertiary/aromatic N) is 2. The molecule has 0 saturated carbocycles. The molecule has 1 aliphatic rings. The van der Waals surface area contributed by atoms with E-state index in [1.165, 1.54) is 25.4 Å². The van der Waals surface area contributed by atoms with E-state index in [0.717, 1.165) is 5.56 Å². The molecule has 1 amide bonds. The number of anilines is 1. The summed E-state index contributed by atoms with van der Waals surface area (Å²) in [6.45, 7) is 1.94. The number of ether oxygens (including phenoxy) is 2. The Morgan fingerprint density at radius 1 is 1.12 bits per heavy atom. The number of ketones is 1. The van der Waals surface area contributed by atoms with Crippen molar-refractivity contribution in [1.82, 2.24) is 9.97 Å². The number of aromatic amines is 1. The second-order valence-electron chi connectivity index (χ2n) is 7.83. The van der Waals surface area contributed by atoms with Gasteiger partial charge in [-0.1, -0.05) is 6.07 Å². The van der Waals surface area contributed by atoms with E-state index in [1.54, 1.807) is 30.3 Å². The first-order valence-electron chi connectivity index (χ1n) is 10.5. The molecule has 2 aromatic heterocycles. The highest BCUT2D eigenvalue weighted by Gasteiger charge is 2.49. The van der Waals surface area contributed by atoms with E-state index < -0.39 is 23.5 Å². The Morgan fingerprint density at radius 2 is 1.94 bits per heavy atom. The molecule has 1 aliphatic heterocycles. The molecule has 3 heterocycles. The first-order valence-corrected chi connectivity index (χ1v) is 10.5. The quantitative estimate of drug-likeness (QED) is 0.262. The summed E-state index contributed by atoms with van der Waals surface area (Å²) in [5.74, 6) is -0.850. The van der Waals surface area contributed by atoms with Gasteiger partial charge in [-0.05, 0) is 48.9 Å². The van der Waals surface area contributed by atoms with Gasteiger partial charge in [0.05, 0.1) is 42.7 Å². The van der Waals surface area contributed by atoms with E-state index in [-0.39, 0.29) is 22.8 Å². The predicted molar refractivity (Wildman–Crippen MR) is 124 cm³/mol. The molecular formula is C25H21N3O6. The van der Waals surface area contributed by atoms with Crippen LogP contribution in [0.5, 0.6) is 11.5 Å². The third-order valence-electron chi connectivity index (χ3n) is 5.77. The number of rotatable bonds is 5. The number of hydrogen-bond acceptors (Lipinski definition) is 7. The van der Waals surface area contributed by atoms with Crippen molar-refractivity contribution >= 4 is 34.4 Å². The number of imidazole rings is 1. The minimum Gasteiger partial charge on any atom is -0.507 e. The molecule has 0 spiro atoms. The third-order valence-corrected chi connectivity index (χ3v) is 5.77. The van der Waals surface area contributed by atoms with Gasteiger partial charge in [0, 0.05) is 6.07 Å². The number of carbonyl (C=O) groups excluding carboxylic acids is 2. The molecular weight excluding hydrogens is 438 g/mol. The molecule has 34 heavy (non-hydrogen) atoms. The van der Waals surface area contributed by atoms with Crippen LogP contribution in [0.3, 0.4) is 0 Å². The van der Waals surface area contributed by atoms with Crippen molar-refractivity contribution in [3.05, 3.63) is 77.3 Å². The van der Waals surface area contributed by atoms with E-state index in [2.05, 4.69) is 9.97 Å². The highest BCUT2D eigenvalue weighted by atomic mass is 16.5. The fourth-order valence-electron chi connectivity index (χ4n) is 4.13. The maximum Gasteiger partial charge on any atom is 0.302 e. The summed E-state index contributed by atoms with van der Waals surface area (Å²) in [4.78, 5) is 35.3. The number of benzene rings is 2. The molecule has 0 bridgehead atoms. The lowest BCUT2D eigenvalue weighted by Gasteiger charge is -2.21. The fourth-order valence-corrected chi connectivity index (χ4v) is 4.13. The second kappa shape index (κ2) is 8.11. The highest BCUT2D eigenvalue weighted by Crippen LogP contribution is 2.43. The minimum absolute atomic E-state index is 0.139. The van der Waals surface area contributed by atoms with Gasteiger partial charge in [0.2, 0.25) is 5.95 Å². The van der Waals surface area contributed by atoms with Crippen LogP contribution in [-0.2, 0) is 9.59 Å². The first-order chi connectivity index (χ1) is 16.4. The Labute approximate surface area is 194 Å². The van der Waals surface area contributed by atoms with Gasteiger partial charge in [-0.15, -0.1) is 0 Å². The van der Waals surface area contributed by atoms with Crippen LogP contribution in [0.4, 0.5) is 5.95 Å². The Hall–Kier alpha value is -4.53. The Morgan fingerprint density at radius 3 is 2.65 bits per heavy atom. The van der Waals surface area contributed by atoms with E-state index >= 15 is 0 Å². The monoisotopic (exact) mass is 459 g/mol. The van der Waals surface area contributed by atoms with Crippen LogP contribution < -0.4 is 14.4 Å². The van der Waals surface area contributed by atoms with Gasteiger partial charge in [-0.2, -0.15) is 0 Å². The number of H-pyrrole nitrogens is 1. The average Bonchev–Trinajstić information content (AvgIpc) is 3.56. The van der Waals surface area contributed by atoms with Crippen molar-refractivity contribution in [2.45, 2.75) is 13.0 Å². The van der Waals surface area contributed by atoms with Crippen LogP contribution in [-0.4, -0.2) is 41.0 Å². The number of hydrogen-bond donors (Lipinski definition) is 2. The van der Waals surface area contributed by atoms with E-state index in [4.69, 9.17) is 13.9 Å². The van der Waals surface area contributed by atoms with Crippen molar-refractivity contribution in [3.8, 4) is 11.5 Å². The van der Waals surface area contributed by atoms with Gasteiger partial charge in [-0.25, -0.2) is 4.98 Å². The van der Waals surface area contributed by atoms with Crippen molar-refractivity contribution in [2.75, 3.05) is 19.1 Å². The number of aliphatic hydroxyl groups is 1. The van der Waals surface area contributed by atoms with Gasteiger partial charge in [0.15, 0.2) is 0 Å². The topological polar surface area (TPSA) is 118 Å². The first kappa shape index (κ1) is 21.3. The van der Waals surface area contributed by atoms with Crippen LogP contribution in [0.25, 0.3) is 16.8 Å². The fraction of sp³-hybridized carbons (Fsp3) is 0.160. The number of aryl methyl sites for hydroxylation is 1. The Kier molecular flexibility index (Phi) is 5.09. The van der Waals surface area contributed by atoms with Crippen LogP contribution in [0.15, 0.2) is 64.8 Å². The summed E-state index contributed by atoms with van der Waals surface area (Å²) in [5.41, 5.74) is 2.46. The maximum atomic E-state index is 13.2.